The fourth-order valence-electron chi connectivity index (χ4n) is 2.11. The van der Waals surface area contributed by atoms with Crippen molar-refractivity contribution in [3.8, 4) is 12.3 Å². The highest BCUT2D eigenvalue weighted by Gasteiger charge is 2.17. The van der Waals surface area contributed by atoms with Crippen molar-refractivity contribution in [2.75, 3.05) is 24.6 Å². The van der Waals surface area contributed by atoms with Crippen LogP contribution in [0.4, 0.5) is 0 Å². The smallest absolute Gasteiger partial charge is 0.0545 e. The van der Waals surface area contributed by atoms with Gasteiger partial charge in [-0.3, -0.25) is 0 Å². The molecule has 1 rings (SSSR count). The van der Waals surface area contributed by atoms with Crippen molar-refractivity contribution in [3.63, 3.8) is 0 Å². The van der Waals surface area contributed by atoms with E-state index in [2.05, 4.69) is 18.2 Å². The number of hydrogen-bond acceptors (Lipinski definition) is 2. The SMILES string of the molecule is C#CCSCCNCC1CCC(C)CC1. The molecule has 1 fully saturated rings. The maximum atomic E-state index is 5.18. The minimum atomic E-state index is 0.850. The second-order valence-electron chi connectivity index (χ2n) is 4.59. The molecule has 0 atom stereocenters. The summed E-state index contributed by atoms with van der Waals surface area (Å²) in [5.74, 6) is 6.54. The summed E-state index contributed by atoms with van der Waals surface area (Å²) in [6, 6.07) is 0. The van der Waals surface area contributed by atoms with Gasteiger partial charge in [-0.2, -0.15) is 0 Å². The molecular formula is C13H23NS. The molecule has 0 aromatic carbocycles. The van der Waals surface area contributed by atoms with Crippen molar-refractivity contribution in [2.24, 2.45) is 11.8 Å². The van der Waals surface area contributed by atoms with Crippen LogP contribution in [0.2, 0.25) is 0 Å². The second kappa shape index (κ2) is 8.07. The fraction of sp³-hybridized carbons (Fsp3) is 0.846. The normalized spacial score (nSPS) is 26.1. The molecule has 0 radical (unpaired) electrons. The van der Waals surface area contributed by atoms with E-state index in [-0.39, 0.29) is 0 Å². The summed E-state index contributed by atoms with van der Waals surface area (Å²) >= 11 is 1.84. The van der Waals surface area contributed by atoms with Crippen LogP contribution >= 0.6 is 11.8 Å². The van der Waals surface area contributed by atoms with Gasteiger partial charge in [0.1, 0.15) is 0 Å². The Morgan fingerprint density at radius 3 is 2.73 bits per heavy atom. The molecule has 0 amide bonds. The summed E-state index contributed by atoms with van der Waals surface area (Å²) < 4.78 is 0. The molecule has 0 aliphatic heterocycles. The first-order chi connectivity index (χ1) is 7.33. The summed E-state index contributed by atoms with van der Waals surface area (Å²) in [5.41, 5.74) is 0. The van der Waals surface area contributed by atoms with Gasteiger partial charge in [0, 0.05) is 12.3 Å². The van der Waals surface area contributed by atoms with Crippen molar-refractivity contribution in [2.45, 2.75) is 32.6 Å². The van der Waals surface area contributed by atoms with Crippen LogP contribution in [-0.4, -0.2) is 24.6 Å². The molecule has 1 N–H and O–H groups in total. The van der Waals surface area contributed by atoms with Gasteiger partial charge in [-0.1, -0.05) is 25.7 Å². The van der Waals surface area contributed by atoms with Crippen LogP contribution in [-0.2, 0) is 0 Å². The van der Waals surface area contributed by atoms with Crippen molar-refractivity contribution in [1.29, 1.82) is 0 Å². The van der Waals surface area contributed by atoms with E-state index in [1.165, 1.54) is 32.2 Å². The first-order valence-electron chi connectivity index (χ1n) is 6.05. The third kappa shape index (κ3) is 6.12. The molecule has 0 aromatic rings. The van der Waals surface area contributed by atoms with E-state index in [9.17, 15) is 0 Å². The molecule has 1 nitrogen and oxygen atoms in total. The van der Waals surface area contributed by atoms with E-state index in [1.54, 1.807) is 0 Å². The molecule has 0 heterocycles. The van der Waals surface area contributed by atoms with Crippen LogP contribution in [0, 0.1) is 24.2 Å². The molecule has 0 unspecified atom stereocenters. The maximum absolute atomic E-state index is 5.18. The lowest BCUT2D eigenvalue weighted by Gasteiger charge is -2.26. The van der Waals surface area contributed by atoms with Gasteiger partial charge < -0.3 is 5.32 Å². The van der Waals surface area contributed by atoms with Gasteiger partial charge in [-0.25, -0.2) is 0 Å². The van der Waals surface area contributed by atoms with Crippen LogP contribution < -0.4 is 5.32 Å². The second-order valence-corrected chi connectivity index (χ2v) is 5.69. The molecule has 0 spiro atoms. The highest BCUT2D eigenvalue weighted by atomic mass is 32.2. The molecule has 15 heavy (non-hydrogen) atoms. The lowest BCUT2D eigenvalue weighted by molar-refractivity contribution is 0.283. The van der Waals surface area contributed by atoms with Gasteiger partial charge in [0.2, 0.25) is 0 Å². The number of terminal acetylenes is 1. The topological polar surface area (TPSA) is 12.0 Å². The van der Waals surface area contributed by atoms with Gasteiger partial charge in [0.15, 0.2) is 0 Å². The van der Waals surface area contributed by atoms with Crippen molar-refractivity contribution in [1.82, 2.24) is 5.32 Å². The third-order valence-electron chi connectivity index (χ3n) is 3.18. The van der Waals surface area contributed by atoms with Gasteiger partial charge in [0.25, 0.3) is 0 Å². The summed E-state index contributed by atoms with van der Waals surface area (Å²) in [5, 5.41) is 3.54. The van der Waals surface area contributed by atoms with Gasteiger partial charge >= 0.3 is 0 Å². The third-order valence-corrected chi connectivity index (χ3v) is 4.04. The van der Waals surface area contributed by atoms with E-state index in [1.807, 2.05) is 11.8 Å². The van der Waals surface area contributed by atoms with Crippen LogP contribution in [0.1, 0.15) is 32.6 Å². The molecular weight excluding hydrogens is 202 g/mol. The minimum Gasteiger partial charge on any atom is -0.316 e. The number of thioether (sulfide) groups is 1. The zero-order valence-electron chi connectivity index (χ0n) is 9.80. The number of hydrogen-bond donors (Lipinski definition) is 1. The molecule has 2 heteroatoms. The Morgan fingerprint density at radius 1 is 1.33 bits per heavy atom. The van der Waals surface area contributed by atoms with E-state index < -0.39 is 0 Å². The Hall–Kier alpha value is -0.130. The average Bonchev–Trinajstić information content (AvgIpc) is 2.26. The molecule has 1 aliphatic rings. The fourth-order valence-corrected chi connectivity index (χ4v) is 2.67. The lowest BCUT2D eigenvalue weighted by atomic mass is 9.83. The zero-order chi connectivity index (χ0) is 10.9. The van der Waals surface area contributed by atoms with Crippen LogP contribution in [0.15, 0.2) is 0 Å². The summed E-state index contributed by atoms with van der Waals surface area (Å²) in [7, 11) is 0. The standard InChI is InChI=1S/C13H23NS/c1-3-9-15-10-8-14-11-13-6-4-12(2)5-7-13/h1,12-14H,4-11H2,2H3. The van der Waals surface area contributed by atoms with Gasteiger partial charge in [0.05, 0.1) is 5.75 Å². The number of rotatable bonds is 6. The van der Waals surface area contributed by atoms with Crippen LogP contribution in [0.25, 0.3) is 0 Å². The van der Waals surface area contributed by atoms with Crippen molar-refractivity contribution in [3.05, 3.63) is 0 Å². The van der Waals surface area contributed by atoms with E-state index in [4.69, 9.17) is 6.42 Å². The highest BCUT2D eigenvalue weighted by molar-refractivity contribution is 7.99. The van der Waals surface area contributed by atoms with E-state index >= 15 is 0 Å². The van der Waals surface area contributed by atoms with Gasteiger partial charge in [-0.15, -0.1) is 18.2 Å². The largest absolute Gasteiger partial charge is 0.316 e. The minimum absolute atomic E-state index is 0.850. The first kappa shape index (κ1) is 12.9. The highest BCUT2D eigenvalue weighted by Crippen LogP contribution is 2.27. The van der Waals surface area contributed by atoms with Crippen molar-refractivity contribution < 1.29 is 0 Å². The Morgan fingerprint density at radius 2 is 2.07 bits per heavy atom. The zero-order valence-corrected chi connectivity index (χ0v) is 10.6. The Balaban J connectivity index is 1.90. The molecule has 0 saturated heterocycles. The van der Waals surface area contributed by atoms with E-state index in [0.29, 0.717) is 0 Å². The Kier molecular flexibility index (Phi) is 6.96. The first-order valence-corrected chi connectivity index (χ1v) is 7.20. The summed E-state index contributed by atoms with van der Waals surface area (Å²) in [4.78, 5) is 0. The van der Waals surface area contributed by atoms with Crippen LogP contribution in [0.3, 0.4) is 0 Å². The molecule has 1 saturated carbocycles. The van der Waals surface area contributed by atoms with Crippen LogP contribution in [0.5, 0.6) is 0 Å². The predicted molar refractivity (Wildman–Crippen MR) is 70.1 cm³/mol. The van der Waals surface area contributed by atoms with E-state index in [0.717, 1.165) is 29.9 Å². The Bertz CT molecular complexity index is 189. The molecule has 1 aliphatic carbocycles. The molecule has 0 aromatic heterocycles. The monoisotopic (exact) mass is 225 g/mol. The molecule has 0 bridgehead atoms. The van der Waals surface area contributed by atoms with Gasteiger partial charge in [-0.05, 0) is 31.2 Å². The predicted octanol–water partition coefficient (Wildman–Crippen LogP) is 2.77. The number of nitrogens with one attached hydrogen (secondary N) is 1. The lowest BCUT2D eigenvalue weighted by Crippen LogP contribution is -2.27. The molecule has 86 valence electrons. The summed E-state index contributed by atoms with van der Waals surface area (Å²) in [6.45, 7) is 4.70. The quantitative estimate of drug-likeness (QED) is 0.551. The summed E-state index contributed by atoms with van der Waals surface area (Å²) in [6.07, 6.45) is 10.9. The average molecular weight is 225 g/mol. The Labute approximate surface area is 98.8 Å². The van der Waals surface area contributed by atoms with Crippen molar-refractivity contribution >= 4 is 11.8 Å². The maximum Gasteiger partial charge on any atom is 0.0545 e.